The van der Waals surface area contributed by atoms with Crippen molar-refractivity contribution >= 4 is 65.2 Å². The molecule has 0 aliphatic carbocycles. The van der Waals surface area contributed by atoms with E-state index in [-0.39, 0.29) is 24.6 Å². The van der Waals surface area contributed by atoms with Crippen LogP contribution in [0.2, 0.25) is 0 Å². The monoisotopic (exact) mass is 754 g/mol. The first-order valence-electron chi connectivity index (χ1n) is 11.1. The number of hydrogen-bond donors (Lipinski definition) is 2. The highest BCUT2D eigenvalue weighted by atomic mass is 127. The van der Waals surface area contributed by atoms with Crippen LogP contribution < -0.4 is 14.2 Å². The highest BCUT2D eigenvalue weighted by Crippen LogP contribution is 2.23. The summed E-state index contributed by atoms with van der Waals surface area (Å²) in [5.74, 6) is -0.168. The van der Waals surface area contributed by atoms with Crippen LogP contribution in [-0.4, -0.2) is 37.0 Å². The summed E-state index contributed by atoms with van der Waals surface area (Å²) in [5.41, 5.74) is 2.99. The third kappa shape index (κ3) is 9.89. The standard InChI is InChI=1S/C25H28I2N2O5S2/c1-34-25-9-8-21(17-35(30,31)28-12-10-19-4-2-6-23(26)15-19)14-22(25)18-36(32,33)29-13-11-20-5-3-7-24(27)16-20/h2-9,14-16,28-29H,10-13,17-18H2,1H3. The van der Waals surface area contributed by atoms with E-state index in [9.17, 15) is 16.8 Å². The predicted octanol–water partition coefficient (Wildman–Crippen LogP) is 4.23. The molecule has 3 aromatic rings. The van der Waals surface area contributed by atoms with Gasteiger partial charge in [0, 0.05) is 25.8 Å². The van der Waals surface area contributed by atoms with Crippen molar-refractivity contribution in [1.29, 1.82) is 0 Å². The number of methoxy groups -OCH3 is 1. The van der Waals surface area contributed by atoms with Crippen molar-refractivity contribution in [1.82, 2.24) is 9.44 Å². The molecule has 0 unspecified atom stereocenters. The number of sulfonamides is 2. The zero-order valence-corrected chi connectivity index (χ0v) is 25.7. The van der Waals surface area contributed by atoms with Crippen LogP contribution in [0.5, 0.6) is 5.75 Å². The Bertz CT molecular complexity index is 1400. The Labute approximate surface area is 240 Å². The Balaban J connectivity index is 1.60. The van der Waals surface area contributed by atoms with E-state index < -0.39 is 20.0 Å². The van der Waals surface area contributed by atoms with E-state index >= 15 is 0 Å². The van der Waals surface area contributed by atoms with Crippen molar-refractivity contribution in [3.8, 4) is 5.75 Å². The lowest BCUT2D eigenvalue weighted by Crippen LogP contribution is -2.28. The average molecular weight is 754 g/mol. The fourth-order valence-corrected chi connectivity index (χ4v) is 7.15. The number of hydrogen-bond acceptors (Lipinski definition) is 5. The van der Waals surface area contributed by atoms with Crippen LogP contribution in [0.4, 0.5) is 0 Å². The highest BCUT2D eigenvalue weighted by Gasteiger charge is 2.18. The fourth-order valence-electron chi connectivity index (χ4n) is 3.65. The summed E-state index contributed by atoms with van der Waals surface area (Å²) < 4.78 is 63.5. The van der Waals surface area contributed by atoms with Crippen LogP contribution in [0.15, 0.2) is 66.7 Å². The minimum atomic E-state index is -3.65. The van der Waals surface area contributed by atoms with E-state index in [0.717, 1.165) is 18.3 Å². The van der Waals surface area contributed by atoms with Gasteiger partial charge >= 0.3 is 0 Å². The molecule has 0 radical (unpaired) electrons. The normalized spacial score (nSPS) is 12.0. The molecule has 3 rings (SSSR count). The second-order valence-corrected chi connectivity index (χ2v) is 14.3. The maximum absolute atomic E-state index is 12.7. The first-order valence-corrected chi connectivity index (χ1v) is 16.6. The molecule has 3 aromatic carbocycles. The molecule has 0 fully saturated rings. The van der Waals surface area contributed by atoms with Crippen LogP contribution in [0.25, 0.3) is 0 Å². The SMILES string of the molecule is COc1ccc(CS(=O)(=O)NCCc2cccc(I)c2)cc1CS(=O)(=O)NCCc1cccc(I)c1. The lowest BCUT2D eigenvalue weighted by atomic mass is 10.1. The molecule has 0 aliphatic heterocycles. The number of benzene rings is 3. The maximum atomic E-state index is 12.7. The number of halogens is 2. The molecule has 0 bridgehead atoms. The van der Waals surface area contributed by atoms with Gasteiger partial charge in [0.25, 0.3) is 0 Å². The molecular weight excluding hydrogens is 726 g/mol. The number of rotatable bonds is 13. The minimum Gasteiger partial charge on any atom is -0.496 e. The summed E-state index contributed by atoms with van der Waals surface area (Å²) in [5, 5.41) is 0. The molecule has 2 N–H and O–H groups in total. The van der Waals surface area contributed by atoms with Crippen LogP contribution in [-0.2, 0) is 44.4 Å². The molecule has 0 saturated carbocycles. The number of nitrogens with one attached hydrogen (secondary N) is 2. The third-order valence-electron chi connectivity index (χ3n) is 5.30. The molecule has 0 spiro atoms. The van der Waals surface area contributed by atoms with Gasteiger partial charge in [-0.25, -0.2) is 26.3 Å². The molecule has 0 saturated heterocycles. The van der Waals surface area contributed by atoms with Crippen molar-refractivity contribution in [2.75, 3.05) is 20.2 Å². The van der Waals surface area contributed by atoms with Crippen molar-refractivity contribution in [3.63, 3.8) is 0 Å². The Kier molecular flexibility index (Phi) is 11.0. The van der Waals surface area contributed by atoms with Gasteiger partial charge in [-0.2, -0.15) is 0 Å². The van der Waals surface area contributed by atoms with E-state index in [1.807, 2.05) is 48.5 Å². The van der Waals surface area contributed by atoms with E-state index in [4.69, 9.17) is 4.74 Å². The van der Waals surface area contributed by atoms with Gasteiger partial charge < -0.3 is 4.74 Å². The van der Waals surface area contributed by atoms with E-state index in [0.29, 0.717) is 29.7 Å². The Morgan fingerprint density at radius 3 is 1.72 bits per heavy atom. The van der Waals surface area contributed by atoms with Crippen molar-refractivity contribution in [2.45, 2.75) is 24.3 Å². The second kappa shape index (κ2) is 13.5. The van der Waals surface area contributed by atoms with Gasteiger partial charge in [-0.1, -0.05) is 30.3 Å². The lowest BCUT2D eigenvalue weighted by Gasteiger charge is -2.13. The van der Waals surface area contributed by atoms with Crippen molar-refractivity contribution < 1.29 is 21.6 Å². The quantitative estimate of drug-likeness (QED) is 0.255. The van der Waals surface area contributed by atoms with E-state index in [1.165, 1.54) is 7.11 Å². The van der Waals surface area contributed by atoms with E-state index in [2.05, 4.69) is 54.6 Å². The van der Waals surface area contributed by atoms with Gasteiger partial charge in [0.05, 0.1) is 18.6 Å². The highest BCUT2D eigenvalue weighted by molar-refractivity contribution is 14.1. The minimum absolute atomic E-state index is 0.254. The van der Waals surface area contributed by atoms with Gasteiger partial charge in [-0.05, 0) is 111 Å². The smallest absolute Gasteiger partial charge is 0.215 e. The van der Waals surface area contributed by atoms with Gasteiger partial charge in [-0.3, -0.25) is 0 Å². The molecule has 0 aromatic heterocycles. The molecule has 7 nitrogen and oxygen atoms in total. The number of ether oxygens (including phenoxy) is 1. The van der Waals surface area contributed by atoms with Crippen LogP contribution in [0.3, 0.4) is 0 Å². The largest absolute Gasteiger partial charge is 0.496 e. The van der Waals surface area contributed by atoms with Crippen LogP contribution in [0, 0.1) is 7.14 Å². The molecule has 194 valence electrons. The summed E-state index contributed by atoms with van der Waals surface area (Å²) in [7, 11) is -5.80. The lowest BCUT2D eigenvalue weighted by molar-refractivity contribution is 0.410. The van der Waals surface area contributed by atoms with Crippen LogP contribution in [0.1, 0.15) is 22.3 Å². The van der Waals surface area contributed by atoms with E-state index in [1.54, 1.807) is 18.2 Å². The Hall–Kier alpha value is -1.26. The van der Waals surface area contributed by atoms with Crippen molar-refractivity contribution in [2.24, 2.45) is 0 Å². The molecule has 11 heteroatoms. The van der Waals surface area contributed by atoms with Gasteiger partial charge in [0.15, 0.2) is 0 Å². The van der Waals surface area contributed by atoms with Crippen LogP contribution >= 0.6 is 45.2 Å². The summed E-state index contributed by atoms with van der Waals surface area (Å²) in [6.07, 6.45) is 1.15. The molecule has 0 amide bonds. The average Bonchev–Trinajstić information content (AvgIpc) is 2.78. The Morgan fingerprint density at radius 2 is 1.22 bits per heavy atom. The van der Waals surface area contributed by atoms with Crippen molar-refractivity contribution in [3.05, 3.63) is 96.1 Å². The van der Waals surface area contributed by atoms with Gasteiger partial charge in [0.1, 0.15) is 5.75 Å². The predicted molar refractivity (Wildman–Crippen MR) is 160 cm³/mol. The third-order valence-corrected chi connectivity index (χ3v) is 9.33. The molecular formula is C25H28I2N2O5S2. The summed E-state index contributed by atoms with van der Waals surface area (Å²) in [6, 6.07) is 20.6. The molecule has 0 heterocycles. The topological polar surface area (TPSA) is 102 Å². The first kappa shape index (κ1) is 29.3. The zero-order chi connectivity index (χ0) is 26.2. The first-order chi connectivity index (χ1) is 17.0. The second-order valence-electron chi connectivity index (χ2n) is 8.21. The van der Waals surface area contributed by atoms with Gasteiger partial charge in [-0.15, -0.1) is 0 Å². The Morgan fingerprint density at radius 1 is 0.694 bits per heavy atom. The fraction of sp³-hybridized carbons (Fsp3) is 0.280. The molecule has 0 aliphatic rings. The maximum Gasteiger partial charge on any atom is 0.215 e. The molecule has 0 atom stereocenters. The van der Waals surface area contributed by atoms with Gasteiger partial charge in [0.2, 0.25) is 20.0 Å². The summed E-state index contributed by atoms with van der Waals surface area (Å²) in [6.45, 7) is 0.549. The summed E-state index contributed by atoms with van der Waals surface area (Å²) in [4.78, 5) is 0. The molecule has 36 heavy (non-hydrogen) atoms. The zero-order valence-electron chi connectivity index (χ0n) is 19.7. The summed E-state index contributed by atoms with van der Waals surface area (Å²) >= 11 is 4.44.